The van der Waals surface area contributed by atoms with E-state index in [0.717, 1.165) is 31.7 Å². The standard InChI is InChI=1S/C26H36BrN5O3/c1-20(21-7-3-2-4-8-21)17-22(33)31-14-9-26(35,10-15-31)18-32-19-29-24(23(27)25(32)34)28-11-16-30-12-5-6-13-30/h2-4,7-8,19-20,28,35H,5-6,9-18H2,1H3/t20-/m1/s1. The van der Waals surface area contributed by atoms with E-state index in [2.05, 4.69) is 38.1 Å². The molecule has 2 aromatic rings. The minimum absolute atomic E-state index is 0.106. The number of nitrogens with one attached hydrogen (secondary N) is 1. The number of aromatic nitrogens is 2. The second kappa shape index (κ2) is 11.7. The molecule has 0 bridgehead atoms. The zero-order chi connectivity index (χ0) is 24.8. The van der Waals surface area contributed by atoms with Gasteiger partial charge in [0.05, 0.1) is 12.1 Å². The largest absolute Gasteiger partial charge is 0.388 e. The molecule has 0 radical (unpaired) electrons. The highest BCUT2D eigenvalue weighted by atomic mass is 79.9. The maximum Gasteiger partial charge on any atom is 0.269 e. The van der Waals surface area contributed by atoms with Crippen molar-refractivity contribution in [1.29, 1.82) is 0 Å². The van der Waals surface area contributed by atoms with Crippen molar-refractivity contribution >= 4 is 27.7 Å². The minimum atomic E-state index is -1.04. The summed E-state index contributed by atoms with van der Waals surface area (Å²) in [6.45, 7) is 7.11. The van der Waals surface area contributed by atoms with E-state index in [1.54, 1.807) is 0 Å². The van der Waals surface area contributed by atoms with Crippen LogP contribution in [0.1, 0.15) is 50.5 Å². The Morgan fingerprint density at radius 1 is 1.17 bits per heavy atom. The zero-order valence-electron chi connectivity index (χ0n) is 20.5. The van der Waals surface area contributed by atoms with Gasteiger partial charge in [0.25, 0.3) is 5.56 Å². The van der Waals surface area contributed by atoms with Gasteiger partial charge in [0.2, 0.25) is 5.91 Å². The third-order valence-electron chi connectivity index (χ3n) is 7.26. The van der Waals surface area contributed by atoms with E-state index in [1.165, 1.54) is 23.7 Å². The van der Waals surface area contributed by atoms with Crippen LogP contribution in [0.25, 0.3) is 0 Å². The summed E-state index contributed by atoms with van der Waals surface area (Å²) < 4.78 is 1.84. The van der Waals surface area contributed by atoms with Gasteiger partial charge in [-0.1, -0.05) is 37.3 Å². The van der Waals surface area contributed by atoms with Crippen molar-refractivity contribution in [2.45, 2.75) is 57.1 Å². The molecule has 35 heavy (non-hydrogen) atoms. The number of piperidine rings is 1. The summed E-state index contributed by atoms with van der Waals surface area (Å²) in [4.78, 5) is 34.4. The first-order valence-corrected chi connectivity index (χ1v) is 13.4. The summed E-state index contributed by atoms with van der Waals surface area (Å²) >= 11 is 3.39. The smallest absolute Gasteiger partial charge is 0.269 e. The summed E-state index contributed by atoms with van der Waals surface area (Å²) in [6.07, 6.45) is 5.31. The molecule has 4 rings (SSSR count). The molecular weight excluding hydrogens is 510 g/mol. The number of aliphatic hydroxyl groups is 1. The van der Waals surface area contributed by atoms with E-state index >= 15 is 0 Å². The van der Waals surface area contributed by atoms with E-state index in [0.29, 0.717) is 42.6 Å². The highest BCUT2D eigenvalue weighted by Gasteiger charge is 2.35. The van der Waals surface area contributed by atoms with Gasteiger partial charge in [0.1, 0.15) is 16.6 Å². The van der Waals surface area contributed by atoms with Crippen molar-refractivity contribution in [2.24, 2.45) is 0 Å². The molecule has 1 atom stereocenters. The topological polar surface area (TPSA) is 90.7 Å². The third kappa shape index (κ3) is 6.71. The van der Waals surface area contributed by atoms with Crippen molar-refractivity contribution in [3.63, 3.8) is 0 Å². The van der Waals surface area contributed by atoms with Crippen LogP contribution in [0.15, 0.2) is 45.9 Å². The molecular formula is C26H36BrN5O3. The van der Waals surface area contributed by atoms with Crippen molar-refractivity contribution in [2.75, 3.05) is 44.6 Å². The summed E-state index contributed by atoms with van der Waals surface area (Å²) in [5.41, 5.74) is -0.106. The number of hydrogen-bond donors (Lipinski definition) is 2. The summed E-state index contributed by atoms with van der Waals surface area (Å²) in [7, 11) is 0. The van der Waals surface area contributed by atoms with E-state index in [4.69, 9.17) is 0 Å². The van der Waals surface area contributed by atoms with Crippen LogP contribution in [0, 0.1) is 0 Å². The van der Waals surface area contributed by atoms with Crippen LogP contribution >= 0.6 is 15.9 Å². The first kappa shape index (κ1) is 25.9. The molecule has 1 aromatic carbocycles. The molecule has 1 aromatic heterocycles. The van der Waals surface area contributed by atoms with E-state index in [-0.39, 0.29) is 23.9 Å². The predicted molar refractivity (Wildman–Crippen MR) is 141 cm³/mol. The molecule has 9 heteroatoms. The Morgan fingerprint density at radius 3 is 2.54 bits per heavy atom. The normalized spacial score (nSPS) is 19.0. The average molecular weight is 547 g/mol. The Balaban J connectivity index is 1.29. The van der Waals surface area contributed by atoms with Gasteiger partial charge in [-0.05, 0) is 66.2 Å². The van der Waals surface area contributed by atoms with E-state index in [9.17, 15) is 14.7 Å². The van der Waals surface area contributed by atoms with Gasteiger partial charge >= 0.3 is 0 Å². The summed E-state index contributed by atoms with van der Waals surface area (Å²) in [5, 5.41) is 14.4. The van der Waals surface area contributed by atoms with Gasteiger partial charge in [0, 0.05) is 32.6 Å². The highest BCUT2D eigenvalue weighted by Crippen LogP contribution is 2.27. The predicted octanol–water partition coefficient (Wildman–Crippen LogP) is 3.06. The number of amides is 1. The molecule has 1 amide bonds. The van der Waals surface area contributed by atoms with Gasteiger partial charge in [-0.2, -0.15) is 0 Å². The van der Waals surface area contributed by atoms with Crippen LogP contribution in [0.4, 0.5) is 5.82 Å². The first-order chi connectivity index (χ1) is 16.8. The SMILES string of the molecule is C[C@H](CC(=O)N1CCC(O)(Cn2cnc(NCCN3CCCC3)c(Br)c2=O)CC1)c1ccccc1. The number of hydrogen-bond acceptors (Lipinski definition) is 6. The monoisotopic (exact) mass is 545 g/mol. The van der Waals surface area contributed by atoms with Crippen molar-refractivity contribution in [1.82, 2.24) is 19.4 Å². The lowest BCUT2D eigenvalue weighted by Gasteiger charge is -2.38. The molecule has 2 aliphatic rings. The Morgan fingerprint density at radius 2 is 1.86 bits per heavy atom. The quantitative estimate of drug-likeness (QED) is 0.503. The van der Waals surface area contributed by atoms with E-state index < -0.39 is 5.60 Å². The molecule has 2 fully saturated rings. The average Bonchev–Trinajstić information content (AvgIpc) is 3.38. The Kier molecular flexibility index (Phi) is 8.62. The highest BCUT2D eigenvalue weighted by molar-refractivity contribution is 9.10. The number of carbonyl (C=O) groups is 1. The fraction of sp³-hybridized carbons (Fsp3) is 0.577. The Bertz CT molecular complexity index is 1050. The van der Waals surface area contributed by atoms with Gasteiger partial charge in [-0.25, -0.2) is 4.98 Å². The van der Waals surface area contributed by atoms with Crippen LogP contribution in [0.3, 0.4) is 0 Å². The molecule has 0 aliphatic carbocycles. The lowest BCUT2D eigenvalue weighted by molar-refractivity contribution is -0.136. The number of benzene rings is 1. The van der Waals surface area contributed by atoms with Crippen molar-refractivity contribution in [3.05, 3.63) is 57.0 Å². The second-order valence-electron chi connectivity index (χ2n) is 9.94. The fourth-order valence-corrected chi connectivity index (χ4v) is 5.45. The van der Waals surface area contributed by atoms with Crippen LogP contribution < -0.4 is 10.9 Å². The molecule has 2 N–H and O–H groups in total. The zero-order valence-corrected chi connectivity index (χ0v) is 22.0. The van der Waals surface area contributed by atoms with Crippen LogP contribution in [-0.2, 0) is 11.3 Å². The number of halogens is 1. The molecule has 190 valence electrons. The Labute approximate surface area is 215 Å². The molecule has 2 saturated heterocycles. The van der Waals surface area contributed by atoms with E-state index in [1.807, 2.05) is 35.2 Å². The van der Waals surface area contributed by atoms with Crippen molar-refractivity contribution in [3.8, 4) is 0 Å². The number of carbonyl (C=O) groups excluding carboxylic acids is 1. The Hall–Kier alpha value is -2.23. The molecule has 0 saturated carbocycles. The second-order valence-corrected chi connectivity index (χ2v) is 10.7. The number of anilines is 1. The maximum atomic E-state index is 12.9. The molecule has 2 aliphatic heterocycles. The number of rotatable bonds is 9. The van der Waals surface area contributed by atoms with Gasteiger partial charge in [0.15, 0.2) is 0 Å². The third-order valence-corrected chi connectivity index (χ3v) is 7.98. The van der Waals surface area contributed by atoms with Crippen LogP contribution in [-0.4, -0.2) is 75.2 Å². The first-order valence-electron chi connectivity index (χ1n) is 12.6. The van der Waals surface area contributed by atoms with Crippen LogP contribution in [0.2, 0.25) is 0 Å². The number of likely N-dealkylation sites (tertiary alicyclic amines) is 2. The summed E-state index contributed by atoms with van der Waals surface area (Å²) in [5.74, 6) is 0.786. The lowest BCUT2D eigenvalue weighted by Crippen LogP contribution is -2.49. The molecule has 0 spiro atoms. The minimum Gasteiger partial charge on any atom is -0.388 e. The lowest BCUT2D eigenvalue weighted by atomic mass is 9.90. The molecule has 0 unspecified atom stereocenters. The van der Waals surface area contributed by atoms with Gasteiger partial charge in [-0.3, -0.25) is 14.2 Å². The van der Waals surface area contributed by atoms with Gasteiger partial charge in [-0.15, -0.1) is 0 Å². The summed E-state index contributed by atoms with van der Waals surface area (Å²) in [6, 6.07) is 10.0. The van der Waals surface area contributed by atoms with Crippen molar-refractivity contribution < 1.29 is 9.90 Å². The molecule has 3 heterocycles. The molecule has 8 nitrogen and oxygen atoms in total. The van der Waals surface area contributed by atoms with Crippen LogP contribution in [0.5, 0.6) is 0 Å². The fourth-order valence-electron chi connectivity index (χ4n) is 4.98. The maximum absolute atomic E-state index is 12.9. The number of nitrogens with zero attached hydrogens (tertiary/aromatic N) is 4. The van der Waals surface area contributed by atoms with Gasteiger partial charge < -0.3 is 20.2 Å².